The lowest BCUT2D eigenvalue weighted by Crippen LogP contribution is -2.49. The van der Waals surface area contributed by atoms with Gasteiger partial charge in [-0.05, 0) is 42.8 Å². The number of nitrogens with zero attached hydrogens (tertiary/aromatic N) is 1. The molecule has 1 heterocycles. The van der Waals surface area contributed by atoms with Crippen LogP contribution in [0.2, 0.25) is 13.1 Å². The molecule has 7 heteroatoms. The number of benzene rings is 2. The van der Waals surface area contributed by atoms with E-state index in [-0.39, 0.29) is 17.4 Å². The Labute approximate surface area is 192 Å². The van der Waals surface area contributed by atoms with Gasteiger partial charge in [0.15, 0.2) is 0 Å². The maximum atomic E-state index is 13.0. The van der Waals surface area contributed by atoms with Crippen LogP contribution in [0.4, 0.5) is 5.69 Å². The molecule has 172 valence electrons. The van der Waals surface area contributed by atoms with Crippen LogP contribution in [-0.2, 0) is 10.2 Å². The van der Waals surface area contributed by atoms with Crippen molar-refractivity contribution in [3.05, 3.63) is 53.6 Å². The Bertz CT molecular complexity index is 1040. The van der Waals surface area contributed by atoms with Crippen LogP contribution in [0.1, 0.15) is 37.9 Å². The zero-order valence-electron chi connectivity index (χ0n) is 20.2. The number of amides is 1. The number of hydrogen-bond acceptors (Lipinski definition) is 5. The number of methoxy groups -OCH3 is 3. The highest BCUT2D eigenvalue weighted by Crippen LogP contribution is 2.52. The van der Waals surface area contributed by atoms with Crippen molar-refractivity contribution in [1.82, 2.24) is 0 Å². The van der Waals surface area contributed by atoms with Gasteiger partial charge in [0.2, 0.25) is 9.04 Å². The van der Waals surface area contributed by atoms with Crippen LogP contribution >= 0.6 is 0 Å². The molecular formula is C25H33NO5Si. The van der Waals surface area contributed by atoms with E-state index >= 15 is 0 Å². The molecule has 0 radical (unpaired) electrons. The summed E-state index contributed by atoms with van der Waals surface area (Å²) in [6, 6.07) is 8.99. The number of carbonyl (C=O) groups is 1. The second-order valence-corrected chi connectivity index (χ2v) is 11.5. The molecule has 1 fully saturated rings. The van der Waals surface area contributed by atoms with Crippen LogP contribution in [0.5, 0.6) is 23.0 Å². The highest BCUT2D eigenvalue weighted by Gasteiger charge is 2.46. The molecule has 0 aromatic heterocycles. The van der Waals surface area contributed by atoms with Crippen molar-refractivity contribution in [3.8, 4) is 23.0 Å². The van der Waals surface area contributed by atoms with Gasteiger partial charge in [-0.1, -0.05) is 27.4 Å². The molecule has 0 aliphatic carbocycles. The Morgan fingerprint density at radius 1 is 0.969 bits per heavy atom. The average molecular weight is 456 g/mol. The topological polar surface area (TPSA) is 57.2 Å². The van der Waals surface area contributed by atoms with Gasteiger partial charge in [-0.3, -0.25) is 9.69 Å². The summed E-state index contributed by atoms with van der Waals surface area (Å²) in [5, 5.41) is 0. The number of rotatable bonds is 7. The molecule has 1 atom stereocenters. The van der Waals surface area contributed by atoms with E-state index in [1.165, 1.54) is 0 Å². The van der Waals surface area contributed by atoms with Crippen molar-refractivity contribution < 1.29 is 23.4 Å². The molecule has 0 bridgehead atoms. The molecule has 2 aromatic carbocycles. The quantitative estimate of drug-likeness (QED) is 0.333. The molecule has 0 saturated carbocycles. The molecule has 0 N–H and O–H groups in total. The van der Waals surface area contributed by atoms with Crippen molar-refractivity contribution in [2.75, 3.05) is 26.2 Å². The smallest absolute Gasteiger partial charge is 0.257 e. The standard InChI is InChI=1S/C25H33NO5Si/c1-15-22(26(24(15)27)18-12-10-16(28-5)14-20(18)30-7)17-11-13-19(29-6)21(25(2,3)4)23(17)31-32(8)9/h10-14,22,32H,1H2,2-9H3/t22-/m1/s1. The lowest BCUT2D eigenvalue weighted by Gasteiger charge is -2.44. The summed E-state index contributed by atoms with van der Waals surface area (Å²) in [4.78, 5) is 14.7. The van der Waals surface area contributed by atoms with Gasteiger partial charge < -0.3 is 18.6 Å². The Morgan fingerprint density at radius 3 is 2.16 bits per heavy atom. The zero-order chi connectivity index (χ0) is 23.8. The van der Waals surface area contributed by atoms with E-state index in [9.17, 15) is 4.79 Å². The van der Waals surface area contributed by atoms with Crippen LogP contribution in [0.3, 0.4) is 0 Å². The Hall–Kier alpha value is -2.93. The minimum Gasteiger partial charge on any atom is -0.546 e. The predicted octanol–water partition coefficient (Wildman–Crippen LogP) is 5.02. The Kier molecular flexibility index (Phi) is 6.60. The van der Waals surface area contributed by atoms with Crippen LogP contribution < -0.4 is 23.5 Å². The summed E-state index contributed by atoms with van der Waals surface area (Å²) in [6.07, 6.45) is 0. The molecule has 0 spiro atoms. The largest absolute Gasteiger partial charge is 0.546 e. The summed E-state index contributed by atoms with van der Waals surface area (Å²) in [5.41, 5.74) is 2.85. The minimum atomic E-state index is -1.47. The number of anilines is 1. The fourth-order valence-electron chi connectivity index (χ4n) is 4.08. The lowest BCUT2D eigenvalue weighted by atomic mass is 9.80. The van der Waals surface area contributed by atoms with Crippen molar-refractivity contribution in [1.29, 1.82) is 0 Å². The fraction of sp³-hybridized carbons (Fsp3) is 0.400. The molecule has 0 unspecified atom stereocenters. The molecule has 6 nitrogen and oxygen atoms in total. The molecule has 32 heavy (non-hydrogen) atoms. The van der Waals surface area contributed by atoms with Gasteiger partial charge in [0.1, 0.15) is 23.0 Å². The summed E-state index contributed by atoms with van der Waals surface area (Å²) in [5.74, 6) is 2.63. The normalized spacial score (nSPS) is 16.2. The van der Waals surface area contributed by atoms with Crippen molar-refractivity contribution in [2.45, 2.75) is 45.3 Å². The second kappa shape index (κ2) is 8.90. The molecule has 2 aromatic rings. The summed E-state index contributed by atoms with van der Waals surface area (Å²) < 4.78 is 23.1. The maximum absolute atomic E-state index is 13.0. The first-order valence-corrected chi connectivity index (χ1v) is 13.5. The van der Waals surface area contributed by atoms with Gasteiger partial charge in [-0.2, -0.15) is 0 Å². The Balaban J connectivity index is 2.22. The number of ether oxygens (including phenoxy) is 3. The van der Waals surface area contributed by atoms with E-state index in [0.717, 1.165) is 22.6 Å². The Morgan fingerprint density at radius 2 is 1.62 bits per heavy atom. The van der Waals surface area contributed by atoms with E-state index in [1.807, 2.05) is 24.3 Å². The third-order valence-corrected chi connectivity index (χ3v) is 6.20. The molecule has 1 aliphatic heterocycles. The van der Waals surface area contributed by atoms with Gasteiger partial charge in [0.25, 0.3) is 5.91 Å². The van der Waals surface area contributed by atoms with Crippen LogP contribution in [0.25, 0.3) is 0 Å². The van der Waals surface area contributed by atoms with Gasteiger partial charge in [0, 0.05) is 22.8 Å². The van der Waals surface area contributed by atoms with E-state index in [2.05, 4.69) is 40.4 Å². The maximum Gasteiger partial charge on any atom is 0.257 e. The molecule has 1 saturated heterocycles. The first-order valence-electron chi connectivity index (χ1n) is 10.7. The van der Waals surface area contributed by atoms with Crippen molar-refractivity contribution in [3.63, 3.8) is 0 Å². The lowest BCUT2D eigenvalue weighted by molar-refractivity contribution is -0.119. The highest BCUT2D eigenvalue weighted by atomic mass is 28.3. The van der Waals surface area contributed by atoms with Crippen molar-refractivity contribution >= 4 is 20.6 Å². The monoisotopic (exact) mass is 455 g/mol. The summed E-state index contributed by atoms with van der Waals surface area (Å²) in [7, 11) is 3.37. The van der Waals surface area contributed by atoms with Crippen LogP contribution in [0, 0.1) is 0 Å². The van der Waals surface area contributed by atoms with Crippen molar-refractivity contribution in [2.24, 2.45) is 0 Å². The van der Waals surface area contributed by atoms with E-state index in [1.54, 1.807) is 32.3 Å². The van der Waals surface area contributed by atoms with Gasteiger partial charge in [-0.15, -0.1) is 0 Å². The van der Waals surface area contributed by atoms with Gasteiger partial charge in [-0.25, -0.2) is 0 Å². The number of carbonyl (C=O) groups excluding carboxylic acids is 1. The molecular weight excluding hydrogens is 422 g/mol. The highest BCUT2D eigenvalue weighted by molar-refractivity contribution is 6.49. The first kappa shape index (κ1) is 23.7. The predicted molar refractivity (Wildman–Crippen MR) is 130 cm³/mol. The second-order valence-electron chi connectivity index (χ2n) is 9.12. The van der Waals surface area contributed by atoms with Gasteiger partial charge in [0.05, 0.1) is 33.1 Å². The van der Waals surface area contributed by atoms with E-state index in [4.69, 9.17) is 18.6 Å². The number of β-lactam (4-membered cyclic amide) rings is 1. The fourth-order valence-corrected chi connectivity index (χ4v) is 4.80. The molecule has 3 rings (SSSR count). The molecule has 1 amide bonds. The molecule has 1 aliphatic rings. The third-order valence-electron chi connectivity index (χ3n) is 5.50. The van der Waals surface area contributed by atoms with Crippen LogP contribution in [0.15, 0.2) is 42.5 Å². The first-order chi connectivity index (χ1) is 15.0. The van der Waals surface area contributed by atoms with E-state index < -0.39 is 9.04 Å². The summed E-state index contributed by atoms with van der Waals surface area (Å²) in [6.45, 7) is 14.7. The average Bonchev–Trinajstić information content (AvgIpc) is 2.75. The number of hydrogen-bond donors (Lipinski definition) is 0. The zero-order valence-corrected chi connectivity index (χ0v) is 21.4. The summed E-state index contributed by atoms with van der Waals surface area (Å²) >= 11 is 0. The van der Waals surface area contributed by atoms with Gasteiger partial charge >= 0.3 is 0 Å². The van der Waals surface area contributed by atoms with Crippen LogP contribution in [-0.4, -0.2) is 36.3 Å². The minimum absolute atomic E-state index is 0.140. The SMILES string of the molecule is C=C1C(=O)N(c2ccc(OC)cc2OC)[C@H]1c1ccc(OC)c(C(C)(C)C)c1O[SiH](C)C. The third kappa shape index (κ3) is 4.09. The van der Waals surface area contributed by atoms with E-state index in [0.29, 0.717) is 22.8 Å².